The van der Waals surface area contributed by atoms with E-state index in [1.807, 2.05) is 23.6 Å². The number of benzene rings is 1. The zero-order valence-corrected chi connectivity index (χ0v) is 14.4. The Labute approximate surface area is 152 Å². The van der Waals surface area contributed by atoms with Crippen LogP contribution in [0.15, 0.2) is 48.0 Å². The van der Waals surface area contributed by atoms with Crippen molar-refractivity contribution in [3.8, 4) is 10.7 Å². The Balaban J connectivity index is 1.37. The van der Waals surface area contributed by atoms with Crippen LogP contribution >= 0.6 is 11.3 Å². The molecule has 0 spiro atoms. The van der Waals surface area contributed by atoms with Gasteiger partial charge in [0.05, 0.1) is 35.4 Å². The van der Waals surface area contributed by atoms with Crippen molar-refractivity contribution in [3.63, 3.8) is 0 Å². The van der Waals surface area contributed by atoms with Crippen LogP contribution in [0.25, 0.3) is 21.7 Å². The molecule has 0 unspecified atom stereocenters. The second-order valence-electron chi connectivity index (χ2n) is 5.66. The maximum atomic E-state index is 13.2. The van der Waals surface area contributed by atoms with E-state index in [1.54, 1.807) is 12.3 Å². The Morgan fingerprint density at radius 1 is 1.23 bits per heavy atom. The molecule has 0 radical (unpaired) electrons. The van der Waals surface area contributed by atoms with Crippen LogP contribution in [0.4, 0.5) is 4.39 Å². The fraction of sp³-hybridized carbons (Fsp3) is 0.111. The number of carbonyl (C=O) groups excluding carboxylic acids is 1. The molecule has 3 aromatic heterocycles. The molecule has 0 fully saturated rings. The molecule has 26 heavy (non-hydrogen) atoms. The number of pyridine rings is 1. The minimum absolute atomic E-state index is 0.158. The first-order chi connectivity index (χ1) is 12.7. The standard InChI is InChI=1S/C18H14FN5OS/c19-11-4-5-13-15(7-11)24-16(23-13)9-21-17(25)8-12-10-26-18(22-12)14-3-1-2-6-20-14/h1-7,10H,8-9H2,(H,21,25)(H,23,24). The van der Waals surface area contributed by atoms with Gasteiger partial charge in [-0.15, -0.1) is 11.3 Å². The van der Waals surface area contributed by atoms with Crippen molar-refractivity contribution in [1.82, 2.24) is 25.3 Å². The van der Waals surface area contributed by atoms with E-state index in [-0.39, 0.29) is 24.7 Å². The number of aromatic amines is 1. The largest absolute Gasteiger partial charge is 0.349 e. The molecule has 1 amide bonds. The summed E-state index contributed by atoms with van der Waals surface area (Å²) >= 11 is 1.46. The number of fused-ring (bicyclic) bond motifs is 1. The van der Waals surface area contributed by atoms with Gasteiger partial charge in [-0.2, -0.15) is 0 Å². The lowest BCUT2D eigenvalue weighted by Crippen LogP contribution is -2.25. The third kappa shape index (κ3) is 3.60. The molecule has 0 bridgehead atoms. The minimum Gasteiger partial charge on any atom is -0.349 e. The normalized spacial score (nSPS) is 11.0. The number of nitrogens with one attached hydrogen (secondary N) is 2. The summed E-state index contributed by atoms with van der Waals surface area (Å²) in [5.74, 6) is 0.0879. The molecule has 0 saturated heterocycles. The fourth-order valence-electron chi connectivity index (χ4n) is 2.52. The lowest BCUT2D eigenvalue weighted by Gasteiger charge is -2.01. The summed E-state index contributed by atoms with van der Waals surface area (Å²) in [5, 5.41) is 5.43. The summed E-state index contributed by atoms with van der Waals surface area (Å²) in [4.78, 5) is 28.2. The van der Waals surface area contributed by atoms with Crippen LogP contribution in [0.5, 0.6) is 0 Å². The summed E-state index contributed by atoms with van der Waals surface area (Å²) in [6.07, 6.45) is 1.89. The zero-order chi connectivity index (χ0) is 17.9. The molecule has 0 aliphatic rings. The summed E-state index contributed by atoms with van der Waals surface area (Å²) < 4.78 is 13.2. The molecule has 3 heterocycles. The van der Waals surface area contributed by atoms with E-state index in [0.717, 1.165) is 10.7 Å². The Morgan fingerprint density at radius 2 is 2.15 bits per heavy atom. The SMILES string of the molecule is O=C(Cc1csc(-c2ccccn2)n1)NCc1nc2ccc(F)cc2[nH]1. The molecule has 0 saturated carbocycles. The molecule has 2 N–H and O–H groups in total. The number of hydrogen-bond donors (Lipinski definition) is 2. The summed E-state index contributed by atoms with van der Waals surface area (Å²) in [5.41, 5.74) is 2.75. The van der Waals surface area contributed by atoms with Crippen molar-refractivity contribution in [1.29, 1.82) is 0 Å². The van der Waals surface area contributed by atoms with Crippen molar-refractivity contribution in [2.45, 2.75) is 13.0 Å². The number of halogens is 1. The average Bonchev–Trinajstić information content (AvgIpc) is 3.27. The number of aromatic nitrogens is 4. The van der Waals surface area contributed by atoms with E-state index < -0.39 is 0 Å². The van der Waals surface area contributed by atoms with Gasteiger partial charge < -0.3 is 10.3 Å². The van der Waals surface area contributed by atoms with E-state index >= 15 is 0 Å². The van der Waals surface area contributed by atoms with Crippen LogP contribution in [-0.4, -0.2) is 25.8 Å². The number of rotatable bonds is 5. The molecule has 1 aromatic carbocycles. The van der Waals surface area contributed by atoms with E-state index in [2.05, 4.69) is 25.3 Å². The molecule has 6 nitrogen and oxygen atoms in total. The van der Waals surface area contributed by atoms with Gasteiger partial charge in [0.25, 0.3) is 0 Å². The monoisotopic (exact) mass is 367 g/mol. The van der Waals surface area contributed by atoms with Crippen LogP contribution in [-0.2, 0) is 17.8 Å². The van der Waals surface area contributed by atoms with Crippen LogP contribution in [0.3, 0.4) is 0 Å². The number of H-pyrrole nitrogens is 1. The van der Waals surface area contributed by atoms with Gasteiger partial charge >= 0.3 is 0 Å². The van der Waals surface area contributed by atoms with Crippen LogP contribution in [0.2, 0.25) is 0 Å². The first-order valence-electron chi connectivity index (χ1n) is 7.94. The van der Waals surface area contributed by atoms with E-state index in [1.165, 1.54) is 23.5 Å². The highest BCUT2D eigenvalue weighted by atomic mass is 32.1. The number of nitrogens with zero attached hydrogens (tertiary/aromatic N) is 3. The predicted molar refractivity (Wildman–Crippen MR) is 96.9 cm³/mol. The topological polar surface area (TPSA) is 83.6 Å². The lowest BCUT2D eigenvalue weighted by atomic mass is 10.3. The highest BCUT2D eigenvalue weighted by Crippen LogP contribution is 2.21. The van der Waals surface area contributed by atoms with Crippen molar-refractivity contribution in [2.75, 3.05) is 0 Å². The molecular weight excluding hydrogens is 353 g/mol. The van der Waals surface area contributed by atoms with Gasteiger partial charge in [0.1, 0.15) is 16.6 Å². The van der Waals surface area contributed by atoms with Gasteiger partial charge in [-0.25, -0.2) is 14.4 Å². The van der Waals surface area contributed by atoms with Crippen LogP contribution in [0, 0.1) is 5.82 Å². The molecule has 0 aliphatic carbocycles. The molecule has 8 heteroatoms. The van der Waals surface area contributed by atoms with Crippen LogP contribution < -0.4 is 5.32 Å². The van der Waals surface area contributed by atoms with Crippen molar-refractivity contribution < 1.29 is 9.18 Å². The molecule has 0 atom stereocenters. The fourth-order valence-corrected chi connectivity index (χ4v) is 3.32. The van der Waals surface area contributed by atoms with Crippen molar-refractivity contribution in [3.05, 3.63) is 65.3 Å². The summed E-state index contributed by atoms with van der Waals surface area (Å²) in [7, 11) is 0. The van der Waals surface area contributed by atoms with Crippen molar-refractivity contribution >= 4 is 28.3 Å². The van der Waals surface area contributed by atoms with Gasteiger partial charge in [0.15, 0.2) is 0 Å². The second-order valence-corrected chi connectivity index (χ2v) is 6.52. The molecule has 4 aromatic rings. The first-order valence-corrected chi connectivity index (χ1v) is 8.82. The second kappa shape index (κ2) is 7.01. The molecular formula is C18H14FN5OS. The molecule has 0 aliphatic heterocycles. The third-order valence-corrected chi connectivity index (χ3v) is 4.64. The highest BCUT2D eigenvalue weighted by Gasteiger charge is 2.10. The minimum atomic E-state index is -0.330. The zero-order valence-electron chi connectivity index (χ0n) is 13.6. The first kappa shape index (κ1) is 16.3. The smallest absolute Gasteiger partial charge is 0.226 e. The van der Waals surface area contributed by atoms with Crippen molar-refractivity contribution in [2.24, 2.45) is 0 Å². The van der Waals surface area contributed by atoms with Gasteiger partial charge in [0, 0.05) is 11.6 Å². The Kier molecular flexibility index (Phi) is 4.40. The quantitative estimate of drug-likeness (QED) is 0.568. The maximum absolute atomic E-state index is 13.2. The Hall–Kier alpha value is -3.13. The van der Waals surface area contributed by atoms with Gasteiger partial charge in [-0.05, 0) is 30.3 Å². The summed E-state index contributed by atoms with van der Waals surface area (Å²) in [6, 6.07) is 9.95. The van der Waals surface area contributed by atoms with Gasteiger partial charge in [-0.1, -0.05) is 6.07 Å². The number of amides is 1. The molecule has 130 valence electrons. The van der Waals surface area contributed by atoms with E-state index in [9.17, 15) is 9.18 Å². The van der Waals surface area contributed by atoms with Gasteiger partial charge in [0.2, 0.25) is 5.91 Å². The van der Waals surface area contributed by atoms with E-state index in [0.29, 0.717) is 22.6 Å². The average molecular weight is 367 g/mol. The Bertz CT molecular complexity index is 1060. The van der Waals surface area contributed by atoms with Crippen LogP contribution in [0.1, 0.15) is 11.5 Å². The van der Waals surface area contributed by atoms with Gasteiger partial charge in [-0.3, -0.25) is 9.78 Å². The lowest BCUT2D eigenvalue weighted by molar-refractivity contribution is -0.120. The maximum Gasteiger partial charge on any atom is 0.226 e. The Morgan fingerprint density at radius 3 is 3.00 bits per heavy atom. The molecule has 4 rings (SSSR count). The number of hydrogen-bond acceptors (Lipinski definition) is 5. The number of imidazole rings is 1. The predicted octanol–water partition coefficient (Wildman–Crippen LogP) is 3.08. The number of thiazole rings is 1. The summed E-state index contributed by atoms with van der Waals surface area (Å²) in [6.45, 7) is 0.242. The number of carbonyl (C=O) groups is 1. The van der Waals surface area contributed by atoms with E-state index in [4.69, 9.17) is 0 Å². The third-order valence-electron chi connectivity index (χ3n) is 3.72. The highest BCUT2D eigenvalue weighted by molar-refractivity contribution is 7.13.